The molecule has 2 aromatic rings. The lowest BCUT2D eigenvalue weighted by Crippen LogP contribution is -2.34. The third-order valence-electron chi connectivity index (χ3n) is 5.33. The van der Waals surface area contributed by atoms with Gasteiger partial charge in [-0.2, -0.15) is 0 Å². The Bertz CT molecular complexity index is 848. The number of aromatic nitrogens is 2. The summed E-state index contributed by atoms with van der Waals surface area (Å²) in [6.07, 6.45) is 4.31. The van der Waals surface area contributed by atoms with E-state index in [4.69, 9.17) is 4.98 Å². The number of Topliss-reactive ketones (excluding diaryl/α,β-unsaturated/α-hetero) is 1. The summed E-state index contributed by atoms with van der Waals surface area (Å²) < 4.78 is 1.64. The molecule has 0 bridgehead atoms. The van der Waals surface area contributed by atoms with E-state index in [1.807, 2.05) is 6.92 Å². The monoisotopic (exact) mass is 361 g/mol. The van der Waals surface area contributed by atoms with Crippen molar-refractivity contribution in [3.63, 3.8) is 0 Å². The van der Waals surface area contributed by atoms with Crippen molar-refractivity contribution in [1.29, 1.82) is 0 Å². The molecule has 136 valence electrons. The molecular formula is C19H27N3O2S. The van der Waals surface area contributed by atoms with Crippen LogP contribution < -0.4 is 5.56 Å². The highest BCUT2D eigenvalue weighted by Crippen LogP contribution is 2.34. The number of ketones is 1. The first-order chi connectivity index (χ1) is 12.0. The first kappa shape index (κ1) is 18.3. The summed E-state index contributed by atoms with van der Waals surface area (Å²) >= 11 is 1.67. The van der Waals surface area contributed by atoms with Gasteiger partial charge in [-0.25, -0.2) is 4.98 Å². The second-order valence-corrected chi connectivity index (χ2v) is 7.93. The molecule has 0 saturated heterocycles. The fourth-order valence-electron chi connectivity index (χ4n) is 3.60. The quantitative estimate of drug-likeness (QED) is 0.792. The van der Waals surface area contributed by atoms with Gasteiger partial charge in [0.2, 0.25) is 0 Å². The Morgan fingerprint density at radius 2 is 1.96 bits per heavy atom. The Labute approximate surface area is 152 Å². The van der Waals surface area contributed by atoms with Crippen LogP contribution in [0.15, 0.2) is 4.79 Å². The molecule has 0 fully saturated rings. The van der Waals surface area contributed by atoms with Crippen LogP contribution in [0.1, 0.15) is 62.8 Å². The van der Waals surface area contributed by atoms with Crippen molar-refractivity contribution in [3.05, 3.63) is 26.6 Å². The summed E-state index contributed by atoms with van der Waals surface area (Å²) in [6, 6.07) is -0.478. The smallest absolute Gasteiger partial charge is 0.263 e. The maximum atomic E-state index is 13.3. The molecule has 0 aromatic carbocycles. The van der Waals surface area contributed by atoms with Crippen LogP contribution in [0.25, 0.3) is 10.2 Å². The molecule has 1 aliphatic carbocycles. The number of fused-ring (bicyclic) bond motifs is 3. The highest BCUT2D eigenvalue weighted by atomic mass is 32.1. The standard InChI is InChI=1S/C19H27N3O2S/c1-5-21(6-2)11-16-20-18-17(14-9-7-8-10-15(14)25-18)19(24)22(16)12(3)13(4)23/h12H,5-11H2,1-4H3. The average molecular weight is 362 g/mol. The summed E-state index contributed by atoms with van der Waals surface area (Å²) in [6.45, 7) is 9.93. The van der Waals surface area contributed by atoms with E-state index in [-0.39, 0.29) is 11.3 Å². The van der Waals surface area contributed by atoms with Crippen molar-refractivity contribution < 1.29 is 4.79 Å². The highest BCUT2D eigenvalue weighted by molar-refractivity contribution is 7.18. The normalized spacial score (nSPS) is 15.6. The molecule has 0 N–H and O–H groups in total. The van der Waals surface area contributed by atoms with Crippen LogP contribution in [0, 0.1) is 0 Å². The number of thiophene rings is 1. The van der Waals surface area contributed by atoms with E-state index in [0.29, 0.717) is 12.4 Å². The number of rotatable bonds is 6. The second-order valence-electron chi connectivity index (χ2n) is 6.84. The fourth-order valence-corrected chi connectivity index (χ4v) is 4.87. The number of hydrogen-bond acceptors (Lipinski definition) is 5. The molecule has 1 aliphatic rings. The predicted octanol–water partition coefficient (Wildman–Crippen LogP) is 3.33. The highest BCUT2D eigenvalue weighted by Gasteiger charge is 2.25. The Morgan fingerprint density at radius 1 is 1.28 bits per heavy atom. The fraction of sp³-hybridized carbons (Fsp3) is 0.632. The Balaban J connectivity index is 2.24. The van der Waals surface area contributed by atoms with Crippen LogP contribution in [0.5, 0.6) is 0 Å². The zero-order valence-electron chi connectivity index (χ0n) is 15.6. The number of carbonyl (C=O) groups is 1. The van der Waals surface area contributed by atoms with Gasteiger partial charge in [0.05, 0.1) is 18.0 Å². The van der Waals surface area contributed by atoms with Crippen LogP contribution in [0.2, 0.25) is 0 Å². The Morgan fingerprint density at radius 3 is 2.60 bits per heavy atom. The van der Waals surface area contributed by atoms with Crippen molar-refractivity contribution >= 4 is 27.3 Å². The van der Waals surface area contributed by atoms with E-state index in [1.54, 1.807) is 22.8 Å². The molecule has 6 heteroatoms. The first-order valence-corrected chi connectivity index (χ1v) is 10.1. The third-order valence-corrected chi connectivity index (χ3v) is 6.51. The summed E-state index contributed by atoms with van der Waals surface area (Å²) in [4.78, 5) is 34.6. The lowest BCUT2D eigenvalue weighted by molar-refractivity contribution is -0.119. The molecule has 0 aliphatic heterocycles. The van der Waals surface area contributed by atoms with E-state index >= 15 is 0 Å². The SMILES string of the molecule is CCN(CC)Cc1nc2sc3c(c2c(=O)n1C(C)C(C)=O)CCCC3. The molecule has 0 amide bonds. The van der Waals surface area contributed by atoms with Gasteiger partial charge in [0.15, 0.2) is 5.78 Å². The van der Waals surface area contributed by atoms with E-state index in [0.717, 1.165) is 42.6 Å². The van der Waals surface area contributed by atoms with Crippen molar-refractivity contribution in [3.8, 4) is 0 Å². The zero-order chi connectivity index (χ0) is 18.1. The predicted molar refractivity (Wildman–Crippen MR) is 103 cm³/mol. The number of aryl methyl sites for hydroxylation is 2. The van der Waals surface area contributed by atoms with Crippen molar-refractivity contribution in [2.75, 3.05) is 13.1 Å². The summed E-state index contributed by atoms with van der Waals surface area (Å²) in [5.41, 5.74) is 1.15. The van der Waals surface area contributed by atoms with Gasteiger partial charge in [0.1, 0.15) is 10.7 Å². The lowest BCUT2D eigenvalue weighted by Gasteiger charge is -2.22. The molecule has 0 spiro atoms. The molecule has 0 radical (unpaired) electrons. The minimum Gasteiger partial charge on any atom is -0.298 e. The van der Waals surface area contributed by atoms with E-state index in [2.05, 4.69) is 18.7 Å². The van der Waals surface area contributed by atoms with E-state index in [9.17, 15) is 9.59 Å². The molecule has 25 heavy (non-hydrogen) atoms. The second kappa shape index (κ2) is 7.38. The first-order valence-electron chi connectivity index (χ1n) is 9.26. The van der Waals surface area contributed by atoms with Crippen LogP contribution in [0.4, 0.5) is 0 Å². The summed E-state index contributed by atoms with van der Waals surface area (Å²) in [5.74, 6) is 0.704. The number of carbonyl (C=O) groups excluding carboxylic acids is 1. The van der Waals surface area contributed by atoms with Crippen molar-refractivity contribution in [2.24, 2.45) is 0 Å². The number of nitrogens with zero attached hydrogens (tertiary/aromatic N) is 3. The molecular weight excluding hydrogens is 334 g/mol. The maximum absolute atomic E-state index is 13.3. The van der Waals surface area contributed by atoms with Gasteiger partial charge in [-0.3, -0.25) is 19.1 Å². The molecule has 0 saturated carbocycles. The van der Waals surface area contributed by atoms with Gasteiger partial charge in [0, 0.05) is 4.88 Å². The third kappa shape index (κ3) is 3.29. The van der Waals surface area contributed by atoms with Crippen LogP contribution in [-0.2, 0) is 24.2 Å². The minimum absolute atomic E-state index is 0.00635. The van der Waals surface area contributed by atoms with Gasteiger partial charge in [-0.05, 0) is 58.2 Å². The van der Waals surface area contributed by atoms with Crippen LogP contribution in [-0.4, -0.2) is 33.3 Å². The average Bonchev–Trinajstić information content (AvgIpc) is 2.97. The topological polar surface area (TPSA) is 55.2 Å². The van der Waals surface area contributed by atoms with Gasteiger partial charge < -0.3 is 0 Å². The van der Waals surface area contributed by atoms with Crippen molar-refractivity contribution in [2.45, 2.75) is 66.0 Å². The molecule has 1 unspecified atom stereocenters. The van der Waals surface area contributed by atoms with E-state index < -0.39 is 6.04 Å². The van der Waals surface area contributed by atoms with Crippen LogP contribution >= 0.6 is 11.3 Å². The van der Waals surface area contributed by atoms with Gasteiger partial charge in [0.25, 0.3) is 5.56 Å². The maximum Gasteiger partial charge on any atom is 0.263 e. The molecule has 3 rings (SSSR count). The van der Waals surface area contributed by atoms with Crippen molar-refractivity contribution in [1.82, 2.24) is 14.5 Å². The summed E-state index contributed by atoms with van der Waals surface area (Å²) in [5, 5.41) is 0.760. The minimum atomic E-state index is -0.478. The molecule has 1 atom stereocenters. The Hall–Kier alpha value is -1.53. The molecule has 2 heterocycles. The zero-order valence-corrected chi connectivity index (χ0v) is 16.4. The Kier molecular flexibility index (Phi) is 5.39. The van der Waals surface area contributed by atoms with Crippen LogP contribution in [0.3, 0.4) is 0 Å². The van der Waals surface area contributed by atoms with Gasteiger partial charge in [-0.1, -0.05) is 13.8 Å². The molecule has 5 nitrogen and oxygen atoms in total. The number of hydrogen-bond donors (Lipinski definition) is 0. The molecule has 2 aromatic heterocycles. The van der Waals surface area contributed by atoms with Gasteiger partial charge >= 0.3 is 0 Å². The van der Waals surface area contributed by atoms with Gasteiger partial charge in [-0.15, -0.1) is 11.3 Å². The largest absolute Gasteiger partial charge is 0.298 e. The van der Waals surface area contributed by atoms with E-state index in [1.165, 1.54) is 16.9 Å². The lowest BCUT2D eigenvalue weighted by atomic mass is 9.97. The summed E-state index contributed by atoms with van der Waals surface area (Å²) in [7, 11) is 0.